The largest absolute Gasteiger partial charge is 0.457 e. The van der Waals surface area contributed by atoms with Crippen LogP contribution >= 0.6 is 0 Å². The predicted molar refractivity (Wildman–Crippen MR) is 82.6 cm³/mol. The average molecular weight is 290 g/mol. The van der Waals surface area contributed by atoms with Gasteiger partial charge in [0.15, 0.2) is 12.4 Å². The maximum Gasteiger partial charge on any atom is 0.372 e. The normalized spacial score (nSPS) is 25.9. The van der Waals surface area contributed by atoms with E-state index in [9.17, 15) is 4.79 Å². The van der Waals surface area contributed by atoms with Crippen molar-refractivity contribution in [3.05, 3.63) is 30.1 Å². The molecule has 3 atom stereocenters. The van der Waals surface area contributed by atoms with Gasteiger partial charge in [0.1, 0.15) is 6.10 Å². The third kappa shape index (κ3) is 4.55. The Morgan fingerprint density at radius 3 is 2.86 bits per heavy atom. The third-order valence-corrected chi connectivity index (χ3v) is 4.56. The van der Waals surface area contributed by atoms with Crippen molar-refractivity contribution in [2.24, 2.45) is 17.8 Å². The van der Waals surface area contributed by atoms with Crippen molar-refractivity contribution in [3.63, 3.8) is 0 Å². The van der Waals surface area contributed by atoms with E-state index in [2.05, 4.69) is 20.8 Å². The second-order valence-electron chi connectivity index (χ2n) is 6.91. The van der Waals surface area contributed by atoms with Gasteiger partial charge in [0, 0.05) is 11.6 Å². The Kier molecular flexibility index (Phi) is 5.38. The van der Waals surface area contributed by atoms with E-state index < -0.39 is 0 Å². The molecule has 0 bridgehead atoms. The molecule has 21 heavy (non-hydrogen) atoms. The van der Waals surface area contributed by atoms with Gasteiger partial charge in [0.2, 0.25) is 6.54 Å². The fourth-order valence-electron chi connectivity index (χ4n) is 3.36. The smallest absolute Gasteiger partial charge is 0.372 e. The van der Waals surface area contributed by atoms with Crippen molar-refractivity contribution in [2.45, 2.75) is 59.6 Å². The van der Waals surface area contributed by atoms with E-state index in [0.717, 1.165) is 12.0 Å². The number of aromatic nitrogens is 1. The number of carbonyl (C=O) groups is 1. The summed E-state index contributed by atoms with van der Waals surface area (Å²) in [6.45, 7) is 9.05. The molecule has 0 unspecified atom stereocenters. The molecule has 0 saturated heterocycles. The van der Waals surface area contributed by atoms with Gasteiger partial charge in [-0.3, -0.25) is 0 Å². The van der Waals surface area contributed by atoms with E-state index in [1.54, 1.807) is 0 Å². The van der Waals surface area contributed by atoms with Crippen molar-refractivity contribution in [2.75, 3.05) is 0 Å². The van der Waals surface area contributed by atoms with E-state index >= 15 is 0 Å². The Balaban J connectivity index is 1.96. The number of nitrogens with zero attached hydrogens (tertiary/aromatic N) is 1. The Morgan fingerprint density at radius 2 is 2.19 bits per heavy atom. The second kappa shape index (κ2) is 7.06. The monoisotopic (exact) mass is 290 g/mol. The zero-order valence-corrected chi connectivity index (χ0v) is 13.7. The molecular weight excluding hydrogens is 262 g/mol. The summed E-state index contributed by atoms with van der Waals surface area (Å²) in [5.74, 6) is 1.62. The first-order chi connectivity index (χ1) is 9.95. The van der Waals surface area contributed by atoms with Crippen LogP contribution in [0.25, 0.3) is 0 Å². The number of hydrogen-bond donors (Lipinski definition) is 0. The van der Waals surface area contributed by atoms with Crippen LogP contribution in [-0.4, -0.2) is 12.1 Å². The first-order valence-electron chi connectivity index (χ1n) is 8.11. The van der Waals surface area contributed by atoms with Gasteiger partial charge >= 0.3 is 5.97 Å². The molecule has 1 fully saturated rings. The van der Waals surface area contributed by atoms with Crippen LogP contribution in [0.2, 0.25) is 0 Å². The quantitative estimate of drug-likeness (QED) is 0.629. The van der Waals surface area contributed by atoms with E-state index in [0.29, 0.717) is 24.3 Å². The molecule has 1 aliphatic carbocycles. The lowest BCUT2D eigenvalue weighted by Gasteiger charge is -2.36. The van der Waals surface area contributed by atoms with Gasteiger partial charge in [-0.1, -0.05) is 27.2 Å². The number of hydrogen-bond acceptors (Lipinski definition) is 2. The number of carbonyl (C=O) groups excluding carboxylic acids is 1. The van der Waals surface area contributed by atoms with Gasteiger partial charge in [-0.05, 0) is 43.6 Å². The molecule has 1 aromatic heterocycles. The minimum Gasteiger partial charge on any atom is -0.457 e. The molecule has 0 amide bonds. The fourth-order valence-corrected chi connectivity index (χ4v) is 3.36. The van der Waals surface area contributed by atoms with Crippen LogP contribution in [0.3, 0.4) is 0 Å². The molecule has 3 nitrogen and oxygen atoms in total. The van der Waals surface area contributed by atoms with Gasteiger partial charge in [0.05, 0.1) is 0 Å². The van der Waals surface area contributed by atoms with Crippen LogP contribution < -0.4 is 4.57 Å². The maximum atomic E-state index is 12.2. The van der Waals surface area contributed by atoms with Gasteiger partial charge in [-0.15, -0.1) is 0 Å². The van der Waals surface area contributed by atoms with Crippen LogP contribution in [0.1, 0.15) is 45.6 Å². The Hall–Kier alpha value is -1.38. The highest BCUT2D eigenvalue weighted by Gasteiger charge is 2.33. The zero-order valence-electron chi connectivity index (χ0n) is 13.7. The van der Waals surface area contributed by atoms with Crippen LogP contribution in [0, 0.1) is 24.7 Å². The molecule has 1 aromatic rings. The van der Waals surface area contributed by atoms with Crippen LogP contribution in [0.4, 0.5) is 0 Å². The van der Waals surface area contributed by atoms with Gasteiger partial charge in [0.25, 0.3) is 0 Å². The molecule has 116 valence electrons. The average Bonchev–Trinajstić information content (AvgIpc) is 2.38. The van der Waals surface area contributed by atoms with Gasteiger partial charge in [-0.25, -0.2) is 4.79 Å². The summed E-state index contributed by atoms with van der Waals surface area (Å²) in [6, 6.07) is 3.99. The molecular formula is C18H28NO2+. The summed E-state index contributed by atoms with van der Waals surface area (Å²) in [5, 5.41) is 0. The molecule has 0 radical (unpaired) electrons. The van der Waals surface area contributed by atoms with E-state index in [-0.39, 0.29) is 12.1 Å². The van der Waals surface area contributed by atoms with Gasteiger partial charge in [-0.2, -0.15) is 4.57 Å². The predicted octanol–water partition coefficient (Wildman–Crippen LogP) is 3.29. The SMILES string of the molecule is Cc1ccc[n+](CC(=O)O[C@H]2C[C@@H](C)CC[C@H]2C(C)C)c1. The van der Waals surface area contributed by atoms with Crippen molar-refractivity contribution in [1.29, 1.82) is 0 Å². The summed E-state index contributed by atoms with van der Waals surface area (Å²) in [6.07, 6.45) is 7.42. The molecule has 3 heteroatoms. The first kappa shape index (κ1) is 16.0. The van der Waals surface area contributed by atoms with Crippen LogP contribution in [0.15, 0.2) is 24.5 Å². The number of aryl methyl sites for hydroxylation is 1. The fraction of sp³-hybridized carbons (Fsp3) is 0.667. The molecule has 1 aliphatic rings. The number of pyridine rings is 1. The van der Waals surface area contributed by atoms with E-state index in [1.807, 2.05) is 36.0 Å². The topological polar surface area (TPSA) is 30.2 Å². The van der Waals surface area contributed by atoms with E-state index in [1.165, 1.54) is 12.8 Å². The summed E-state index contributed by atoms with van der Waals surface area (Å²) in [4.78, 5) is 12.2. The number of rotatable bonds is 4. The zero-order chi connectivity index (χ0) is 15.4. The van der Waals surface area contributed by atoms with Crippen LogP contribution in [0.5, 0.6) is 0 Å². The summed E-state index contributed by atoms with van der Waals surface area (Å²) < 4.78 is 7.72. The number of esters is 1. The Bertz CT molecular complexity index is 484. The highest BCUT2D eigenvalue weighted by molar-refractivity contribution is 5.67. The first-order valence-corrected chi connectivity index (χ1v) is 8.11. The lowest BCUT2D eigenvalue weighted by Crippen LogP contribution is -2.42. The molecule has 0 aliphatic heterocycles. The van der Waals surface area contributed by atoms with E-state index in [4.69, 9.17) is 4.74 Å². The third-order valence-electron chi connectivity index (χ3n) is 4.56. The number of ether oxygens (including phenoxy) is 1. The standard InChI is InChI=1S/C18H28NO2/c1-13(2)16-8-7-14(3)10-17(16)21-18(20)12-19-9-5-6-15(4)11-19/h5-6,9,11,13-14,16-17H,7-8,10,12H2,1-4H3/q+1/t14-,16-,17-/m0/s1. The van der Waals surface area contributed by atoms with Crippen LogP contribution in [-0.2, 0) is 16.1 Å². The maximum absolute atomic E-state index is 12.2. The Labute approximate surface area is 128 Å². The molecule has 0 N–H and O–H groups in total. The molecule has 1 saturated carbocycles. The molecule has 2 rings (SSSR count). The molecule has 0 spiro atoms. The summed E-state index contributed by atoms with van der Waals surface area (Å²) >= 11 is 0. The van der Waals surface area contributed by atoms with Crippen molar-refractivity contribution >= 4 is 5.97 Å². The summed E-state index contributed by atoms with van der Waals surface area (Å²) in [5.41, 5.74) is 1.15. The summed E-state index contributed by atoms with van der Waals surface area (Å²) in [7, 11) is 0. The van der Waals surface area contributed by atoms with Crippen molar-refractivity contribution in [1.82, 2.24) is 0 Å². The lowest BCUT2D eigenvalue weighted by atomic mass is 9.75. The van der Waals surface area contributed by atoms with Crippen molar-refractivity contribution < 1.29 is 14.1 Å². The van der Waals surface area contributed by atoms with Crippen molar-refractivity contribution in [3.8, 4) is 0 Å². The Morgan fingerprint density at radius 1 is 1.43 bits per heavy atom. The van der Waals surface area contributed by atoms with Gasteiger partial charge < -0.3 is 4.74 Å². The second-order valence-corrected chi connectivity index (χ2v) is 6.91. The highest BCUT2D eigenvalue weighted by atomic mass is 16.5. The molecule has 1 heterocycles. The lowest BCUT2D eigenvalue weighted by molar-refractivity contribution is -0.686. The highest BCUT2D eigenvalue weighted by Crippen LogP contribution is 2.35. The minimum absolute atomic E-state index is 0.0895. The minimum atomic E-state index is -0.115. The molecule has 0 aromatic carbocycles.